The summed E-state index contributed by atoms with van der Waals surface area (Å²) < 4.78 is 61.2. The molecule has 202 valence electrons. The molecule has 0 radical (unpaired) electrons. The second kappa shape index (κ2) is 13.6. The van der Waals surface area contributed by atoms with E-state index in [2.05, 4.69) is 6.92 Å². The zero-order valence-electron chi connectivity index (χ0n) is 22.0. The van der Waals surface area contributed by atoms with Crippen molar-refractivity contribution < 1.29 is 27.4 Å². The van der Waals surface area contributed by atoms with Crippen LogP contribution in [0.5, 0.6) is 5.75 Å². The molecule has 0 unspecified atom stereocenters. The van der Waals surface area contributed by atoms with E-state index in [0.29, 0.717) is 36.5 Å². The van der Waals surface area contributed by atoms with E-state index in [9.17, 15) is 13.2 Å². The predicted octanol–water partition coefficient (Wildman–Crippen LogP) is 8.82. The zero-order valence-corrected chi connectivity index (χ0v) is 22.0. The molecule has 4 rings (SSSR count). The molecule has 1 fully saturated rings. The van der Waals surface area contributed by atoms with Crippen molar-refractivity contribution in [3.63, 3.8) is 0 Å². The SMILES string of the molecule is CC=CC1OCC(c2ccc(-c3ccc(-c4ccc(OCCCCCCC)c(F)c4F)cc3)cc2F)CO1. The highest BCUT2D eigenvalue weighted by Crippen LogP contribution is 2.33. The van der Waals surface area contributed by atoms with Crippen LogP contribution in [0.3, 0.4) is 0 Å². The molecule has 3 aromatic rings. The molecular formula is C32H35F3O3. The molecule has 38 heavy (non-hydrogen) atoms. The number of allylic oxidation sites excluding steroid dienone is 1. The van der Waals surface area contributed by atoms with Crippen molar-refractivity contribution in [2.45, 2.75) is 58.2 Å². The molecule has 0 bridgehead atoms. The molecule has 0 N–H and O–H groups in total. The van der Waals surface area contributed by atoms with Gasteiger partial charge >= 0.3 is 0 Å². The number of benzene rings is 3. The van der Waals surface area contributed by atoms with Gasteiger partial charge in [-0.05, 0) is 59.9 Å². The normalized spacial score (nSPS) is 17.7. The Kier molecular flexibility index (Phi) is 10.0. The van der Waals surface area contributed by atoms with Gasteiger partial charge in [-0.1, -0.05) is 75.1 Å². The lowest BCUT2D eigenvalue weighted by atomic mass is 9.95. The van der Waals surface area contributed by atoms with E-state index in [1.807, 2.05) is 25.1 Å². The monoisotopic (exact) mass is 524 g/mol. The number of hydrogen-bond acceptors (Lipinski definition) is 3. The largest absolute Gasteiger partial charge is 0.490 e. The van der Waals surface area contributed by atoms with Gasteiger partial charge in [0.25, 0.3) is 0 Å². The first-order chi connectivity index (χ1) is 18.5. The van der Waals surface area contributed by atoms with E-state index < -0.39 is 11.6 Å². The minimum absolute atomic E-state index is 0.0694. The van der Waals surface area contributed by atoms with Crippen molar-refractivity contribution in [1.29, 1.82) is 0 Å². The van der Waals surface area contributed by atoms with Gasteiger partial charge in [-0.15, -0.1) is 0 Å². The fraction of sp³-hybridized carbons (Fsp3) is 0.375. The van der Waals surface area contributed by atoms with E-state index in [0.717, 1.165) is 31.2 Å². The van der Waals surface area contributed by atoms with Crippen LogP contribution in [0.1, 0.15) is 57.4 Å². The predicted molar refractivity (Wildman–Crippen MR) is 145 cm³/mol. The Labute approximate surface area is 223 Å². The summed E-state index contributed by atoms with van der Waals surface area (Å²) in [7, 11) is 0. The molecule has 0 saturated carbocycles. The summed E-state index contributed by atoms with van der Waals surface area (Å²) >= 11 is 0. The van der Waals surface area contributed by atoms with E-state index in [1.165, 1.54) is 24.6 Å². The Morgan fingerprint density at radius 1 is 0.816 bits per heavy atom. The van der Waals surface area contributed by atoms with Gasteiger partial charge in [-0.3, -0.25) is 0 Å². The maximum absolute atomic E-state index is 15.0. The number of ether oxygens (including phenoxy) is 3. The van der Waals surface area contributed by atoms with Gasteiger partial charge < -0.3 is 14.2 Å². The van der Waals surface area contributed by atoms with Crippen LogP contribution in [0.15, 0.2) is 66.7 Å². The topological polar surface area (TPSA) is 27.7 Å². The molecule has 0 aliphatic carbocycles. The Morgan fingerprint density at radius 3 is 2.18 bits per heavy atom. The van der Waals surface area contributed by atoms with Crippen LogP contribution in [0.4, 0.5) is 13.2 Å². The van der Waals surface area contributed by atoms with Crippen LogP contribution < -0.4 is 4.74 Å². The Hall–Kier alpha value is -3.09. The lowest BCUT2D eigenvalue weighted by molar-refractivity contribution is -0.159. The summed E-state index contributed by atoms with van der Waals surface area (Å²) in [6.45, 7) is 5.16. The fourth-order valence-electron chi connectivity index (χ4n) is 4.60. The first kappa shape index (κ1) is 27.9. The highest BCUT2D eigenvalue weighted by Gasteiger charge is 2.24. The molecule has 0 atom stereocenters. The summed E-state index contributed by atoms with van der Waals surface area (Å²) in [5.74, 6) is -2.50. The first-order valence-corrected chi connectivity index (χ1v) is 13.4. The molecule has 3 aromatic carbocycles. The standard InChI is InChI=1S/C32H35F3O3/c1-3-5-6-7-8-18-36-29-17-16-27(31(34)32(29)35)23-12-10-22(11-13-23)24-14-15-26(28(33)19-24)25-20-37-30(9-4-2)38-21-25/h4,9-17,19,25,30H,3,5-8,18,20-21H2,1-2H3. The molecule has 1 aliphatic rings. The van der Waals surface area contributed by atoms with Crippen molar-refractivity contribution in [3.05, 3.63) is 89.8 Å². The molecular weight excluding hydrogens is 489 g/mol. The maximum Gasteiger partial charge on any atom is 0.201 e. The maximum atomic E-state index is 15.0. The lowest BCUT2D eigenvalue weighted by Crippen LogP contribution is -2.29. The van der Waals surface area contributed by atoms with Gasteiger partial charge in [0.15, 0.2) is 17.9 Å². The van der Waals surface area contributed by atoms with E-state index in [1.54, 1.807) is 30.3 Å². The van der Waals surface area contributed by atoms with Gasteiger partial charge in [-0.25, -0.2) is 8.78 Å². The Balaban J connectivity index is 1.41. The molecule has 1 saturated heterocycles. The van der Waals surface area contributed by atoms with Crippen LogP contribution >= 0.6 is 0 Å². The van der Waals surface area contributed by atoms with Crippen molar-refractivity contribution in [3.8, 4) is 28.0 Å². The number of hydrogen-bond donors (Lipinski definition) is 0. The molecule has 1 aliphatic heterocycles. The minimum atomic E-state index is -0.981. The van der Waals surface area contributed by atoms with Gasteiger partial charge in [0.1, 0.15) is 5.82 Å². The van der Waals surface area contributed by atoms with Crippen LogP contribution in [-0.2, 0) is 9.47 Å². The summed E-state index contributed by atoms with van der Waals surface area (Å²) in [6.07, 6.45) is 8.54. The quantitative estimate of drug-likeness (QED) is 0.185. The number of halogens is 3. The molecule has 0 amide bonds. The number of rotatable bonds is 11. The van der Waals surface area contributed by atoms with Gasteiger partial charge in [0, 0.05) is 11.5 Å². The van der Waals surface area contributed by atoms with E-state index in [-0.39, 0.29) is 29.3 Å². The van der Waals surface area contributed by atoms with Crippen LogP contribution in [0.2, 0.25) is 0 Å². The summed E-state index contributed by atoms with van der Waals surface area (Å²) in [5, 5.41) is 0. The third kappa shape index (κ3) is 6.86. The fourth-order valence-corrected chi connectivity index (χ4v) is 4.60. The average molecular weight is 525 g/mol. The summed E-state index contributed by atoms with van der Waals surface area (Å²) in [4.78, 5) is 0. The minimum Gasteiger partial charge on any atom is -0.490 e. The summed E-state index contributed by atoms with van der Waals surface area (Å²) in [6, 6.07) is 15.0. The molecule has 0 aromatic heterocycles. The molecule has 6 heteroatoms. The first-order valence-electron chi connectivity index (χ1n) is 13.4. The highest BCUT2D eigenvalue weighted by atomic mass is 19.2. The van der Waals surface area contributed by atoms with Gasteiger partial charge in [-0.2, -0.15) is 4.39 Å². The average Bonchev–Trinajstić information content (AvgIpc) is 2.94. The van der Waals surface area contributed by atoms with E-state index >= 15 is 0 Å². The van der Waals surface area contributed by atoms with Gasteiger partial charge in [0.05, 0.1) is 19.8 Å². The second-order valence-electron chi connectivity index (χ2n) is 9.57. The van der Waals surface area contributed by atoms with Crippen molar-refractivity contribution in [2.24, 2.45) is 0 Å². The summed E-state index contributed by atoms with van der Waals surface area (Å²) in [5.41, 5.74) is 2.69. The van der Waals surface area contributed by atoms with Crippen molar-refractivity contribution in [2.75, 3.05) is 19.8 Å². The molecule has 3 nitrogen and oxygen atoms in total. The number of unbranched alkanes of at least 4 members (excludes halogenated alkanes) is 4. The van der Waals surface area contributed by atoms with Crippen molar-refractivity contribution >= 4 is 0 Å². The third-order valence-electron chi connectivity index (χ3n) is 6.79. The molecule has 0 spiro atoms. The Morgan fingerprint density at radius 2 is 1.50 bits per heavy atom. The van der Waals surface area contributed by atoms with Crippen LogP contribution in [0, 0.1) is 17.5 Å². The van der Waals surface area contributed by atoms with Crippen LogP contribution in [-0.4, -0.2) is 26.1 Å². The van der Waals surface area contributed by atoms with E-state index in [4.69, 9.17) is 14.2 Å². The Bertz CT molecular complexity index is 1220. The third-order valence-corrected chi connectivity index (χ3v) is 6.79. The highest BCUT2D eigenvalue weighted by molar-refractivity contribution is 5.71. The van der Waals surface area contributed by atoms with Gasteiger partial charge in [0.2, 0.25) is 5.82 Å². The smallest absolute Gasteiger partial charge is 0.201 e. The second-order valence-corrected chi connectivity index (χ2v) is 9.57. The van der Waals surface area contributed by atoms with Crippen molar-refractivity contribution in [1.82, 2.24) is 0 Å². The zero-order chi connectivity index (χ0) is 26.9. The molecule has 1 heterocycles. The lowest BCUT2D eigenvalue weighted by Gasteiger charge is -2.28. The van der Waals surface area contributed by atoms with Crippen LogP contribution in [0.25, 0.3) is 22.3 Å².